The Morgan fingerprint density at radius 1 is 1.24 bits per heavy atom. The molecule has 21 heavy (non-hydrogen) atoms. The van der Waals surface area contributed by atoms with E-state index in [-0.39, 0.29) is 5.41 Å². The highest BCUT2D eigenvalue weighted by Gasteiger charge is 2.29. The first kappa shape index (κ1) is 16.0. The van der Waals surface area contributed by atoms with Gasteiger partial charge in [-0.2, -0.15) is 0 Å². The van der Waals surface area contributed by atoms with Crippen molar-refractivity contribution in [2.24, 2.45) is 0 Å². The summed E-state index contributed by atoms with van der Waals surface area (Å²) in [6, 6.07) is 2.46. The number of hydrogen-bond donors (Lipinski definition) is 2. The molecule has 1 aliphatic carbocycles. The van der Waals surface area contributed by atoms with Gasteiger partial charge in [0.1, 0.15) is 17.5 Å². The zero-order valence-electron chi connectivity index (χ0n) is 13.9. The molecule has 1 aromatic heterocycles. The number of nitrogens with one attached hydrogen (secondary N) is 2. The van der Waals surface area contributed by atoms with Crippen LogP contribution in [0, 0.1) is 0 Å². The van der Waals surface area contributed by atoms with Crippen LogP contribution in [0.1, 0.15) is 52.8 Å². The summed E-state index contributed by atoms with van der Waals surface area (Å²) < 4.78 is 5.32. The number of anilines is 2. The van der Waals surface area contributed by atoms with Gasteiger partial charge in [-0.15, -0.1) is 0 Å². The fourth-order valence-electron chi connectivity index (χ4n) is 2.29. The van der Waals surface area contributed by atoms with Crippen molar-refractivity contribution in [3.63, 3.8) is 0 Å². The standard InChI is InChI=1S/C16H28N4O/c1-6-7-17-13-10-14(18-11-8-12(9-11)21-5)20-15(19-13)16(2,3)4/h10-12H,6-9H2,1-5H3,(H2,17,18,19,20). The Morgan fingerprint density at radius 2 is 1.90 bits per heavy atom. The van der Waals surface area contributed by atoms with Gasteiger partial charge < -0.3 is 15.4 Å². The molecule has 5 heteroatoms. The maximum Gasteiger partial charge on any atom is 0.138 e. The van der Waals surface area contributed by atoms with Crippen molar-refractivity contribution in [3.05, 3.63) is 11.9 Å². The van der Waals surface area contributed by atoms with Crippen LogP contribution in [0.15, 0.2) is 6.07 Å². The molecule has 5 nitrogen and oxygen atoms in total. The predicted molar refractivity (Wildman–Crippen MR) is 87.0 cm³/mol. The molecule has 1 fully saturated rings. The highest BCUT2D eigenvalue weighted by molar-refractivity contribution is 5.49. The van der Waals surface area contributed by atoms with Gasteiger partial charge >= 0.3 is 0 Å². The van der Waals surface area contributed by atoms with Gasteiger partial charge in [-0.1, -0.05) is 27.7 Å². The minimum atomic E-state index is -0.0605. The Bertz CT molecular complexity index is 464. The Hall–Kier alpha value is -1.36. The summed E-state index contributed by atoms with van der Waals surface area (Å²) in [6.07, 6.45) is 3.56. The molecule has 0 unspecified atom stereocenters. The van der Waals surface area contributed by atoms with E-state index < -0.39 is 0 Å². The molecule has 0 spiro atoms. The smallest absolute Gasteiger partial charge is 0.138 e. The average Bonchev–Trinajstić information content (AvgIpc) is 2.39. The molecule has 1 aliphatic rings. The Labute approximate surface area is 127 Å². The van der Waals surface area contributed by atoms with Crippen molar-refractivity contribution in [1.82, 2.24) is 9.97 Å². The summed E-state index contributed by atoms with van der Waals surface area (Å²) in [7, 11) is 1.77. The summed E-state index contributed by atoms with van der Waals surface area (Å²) in [6.45, 7) is 9.49. The predicted octanol–water partition coefficient (Wildman–Crippen LogP) is 3.19. The lowest BCUT2D eigenvalue weighted by Crippen LogP contribution is -2.40. The number of methoxy groups -OCH3 is 1. The minimum absolute atomic E-state index is 0.0605. The number of ether oxygens (including phenoxy) is 1. The monoisotopic (exact) mass is 292 g/mol. The van der Waals surface area contributed by atoms with Crippen LogP contribution in [0.4, 0.5) is 11.6 Å². The Balaban J connectivity index is 2.11. The first-order valence-electron chi connectivity index (χ1n) is 7.85. The van der Waals surface area contributed by atoms with Crippen LogP contribution in [0.5, 0.6) is 0 Å². The van der Waals surface area contributed by atoms with Gasteiger partial charge in [0.2, 0.25) is 0 Å². The van der Waals surface area contributed by atoms with E-state index in [1.807, 2.05) is 6.07 Å². The average molecular weight is 292 g/mol. The summed E-state index contributed by atoms with van der Waals surface area (Å²) in [5.74, 6) is 2.68. The van der Waals surface area contributed by atoms with Gasteiger partial charge in [0.15, 0.2) is 0 Å². The Morgan fingerprint density at radius 3 is 2.48 bits per heavy atom. The van der Waals surface area contributed by atoms with E-state index in [9.17, 15) is 0 Å². The van der Waals surface area contributed by atoms with Gasteiger partial charge in [-0.05, 0) is 19.3 Å². The third-order valence-corrected chi connectivity index (χ3v) is 3.73. The summed E-state index contributed by atoms with van der Waals surface area (Å²) >= 11 is 0. The summed E-state index contributed by atoms with van der Waals surface area (Å²) in [5, 5.41) is 6.86. The zero-order chi connectivity index (χ0) is 15.5. The van der Waals surface area contributed by atoms with Crippen LogP contribution in [-0.2, 0) is 10.2 Å². The molecular formula is C16H28N4O. The van der Waals surface area contributed by atoms with Gasteiger partial charge in [-0.25, -0.2) is 9.97 Å². The zero-order valence-corrected chi connectivity index (χ0v) is 13.9. The number of rotatable bonds is 6. The molecule has 0 atom stereocenters. The maximum absolute atomic E-state index is 5.32. The van der Waals surface area contributed by atoms with E-state index >= 15 is 0 Å². The van der Waals surface area contributed by atoms with Crippen LogP contribution >= 0.6 is 0 Å². The fraction of sp³-hybridized carbons (Fsp3) is 0.750. The molecule has 1 heterocycles. The number of aromatic nitrogens is 2. The summed E-state index contributed by atoms with van der Waals surface area (Å²) in [4.78, 5) is 9.32. The second kappa shape index (κ2) is 6.60. The molecule has 0 aromatic carbocycles. The molecular weight excluding hydrogens is 264 g/mol. The van der Waals surface area contributed by atoms with Gasteiger partial charge in [-0.3, -0.25) is 0 Å². The van der Waals surface area contributed by atoms with E-state index in [4.69, 9.17) is 4.74 Å². The van der Waals surface area contributed by atoms with E-state index in [1.54, 1.807) is 7.11 Å². The lowest BCUT2D eigenvalue weighted by atomic mass is 9.89. The van der Waals surface area contributed by atoms with Crippen LogP contribution in [0.2, 0.25) is 0 Å². The molecule has 0 bridgehead atoms. The molecule has 0 saturated heterocycles. The highest BCUT2D eigenvalue weighted by atomic mass is 16.5. The topological polar surface area (TPSA) is 59.1 Å². The quantitative estimate of drug-likeness (QED) is 0.843. The summed E-state index contributed by atoms with van der Waals surface area (Å²) in [5.41, 5.74) is -0.0605. The van der Waals surface area contributed by atoms with Crippen molar-refractivity contribution in [1.29, 1.82) is 0 Å². The number of nitrogens with zero attached hydrogens (tertiary/aromatic N) is 2. The second-order valence-corrected chi connectivity index (χ2v) is 6.81. The van der Waals surface area contributed by atoms with E-state index in [0.29, 0.717) is 12.1 Å². The van der Waals surface area contributed by atoms with Crippen LogP contribution < -0.4 is 10.6 Å². The fourth-order valence-corrected chi connectivity index (χ4v) is 2.29. The van der Waals surface area contributed by atoms with Crippen molar-refractivity contribution >= 4 is 11.6 Å². The lowest BCUT2D eigenvalue weighted by Gasteiger charge is -2.35. The third kappa shape index (κ3) is 4.30. The highest BCUT2D eigenvalue weighted by Crippen LogP contribution is 2.28. The lowest BCUT2D eigenvalue weighted by molar-refractivity contribution is 0.0328. The third-order valence-electron chi connectivity index (χ3n) is 3.73. The van der Waals surface area contributed by atoms with Crippen molar-refractivity contribution in [2.45, 2.75) is 64.5 Å². The van der Waals surface area contributed by atoms with Crippen molar-refractivity contribution < 1.29 is 4.74 Å². The van der Waals surface area contributed by atoms with E-state index in [2.05, 4.69) is 48.3 Å². The molecule has 0 aliphatic heterocycles. The molecule has 0 radical (unpaired) electrons. The molecule has 1 saturated carbocycles. The van der Waals surface area contributed by atoms with E-state index in [1.165, 1.54) is 0 Å². The first-order valence-corrected chi connectivity index (χ1v) is 7.85. The molecule has 0 amide bonds. The van der Waals surface area contributed by atoms with Gasteiger partial charge in [0.25, 0.3) is 0 Å². The van der Waals surface area contributed by atoms with Crippen molar-refractivity contribution in [3.8, 4) is 0 Å². The minimum Gasteiger partial charge on any atom is -0.381 e. The van der Waals surface area contributed by atoms with Gasteiger partial charge in [0.05, 0.1) is 6.10 Å². The number of hydrogen-bond acceptors (Lipinski definition) is 5. The second-order valence-electron chi connectivity index (χ2n) is 6.81. The molecule has 2 N–H and O–H groups in total. The van der Waals surface area contributed by atoms with Crippen LogP contribution in [0.25, 0.3) is 0 Å². The van der Waals surface area contributed by atoms with E-state index in [0.717, 1.165) is 43.3 Å². The first-order chi connectivity index (χ1) is 9.92. The molecule has 118 valence electrons. The van der Waals surface area contributed by atoms with Crippen molar-refractivity contribution in [2.75, 3.05) is 24.3 Å². The maximum atomic E-state index is 5.32. The normalized spacial score (nSPS) is 21.8. The van der Waals surface area contributed by atoms with Crippen LogP contribution in [-0.4, -0.2) is 35.8 Å². The SMILES string of the molecule is CCCNc1cc(NC2CC(OC)C2)nc(C(C)(C)C)n1. The van der Waals surface area contributed by atoms with Crippen LogP contribution in [0.3, 0.4) is 0 Å². The molecule has 2 rings (SSSR count). The largest absolute Gasteiger partial charge is 0.381 e. The Kier molecular flexibility index (Phi) is 5.04. The molecule has 1 aromatic rings. The van der Waals surface area contributed by atoms with Gasteiger partial charge in [0, 0.05) is 31.2 Å².